The molecule has 156 valence electrons. The van der Waals surface area contributed by atoms with Crippen LogP contribution >= 0.6 is 0 Å². The van der Waals surface area contributed by atoms with Crippen LogP contribution in [-0.2, 0) is 22.6 Å². The van der Waals surface area contributed by atoms with Gasteiger partial charge in [0.1, 0.15) is 0 Å². The number of rotatable bonds is 9. The van der Waals surface area contributed by atoms with Crippen molar-refractivity contribution in [2.45, 2.75) is 38.8 Å². The van der Waals surface area contributed by atoms with Crippen molar-refractivity contribution in [2.75, 3.05) is 53.6 Å². The monoisotopic (exact) mass is 388 g/mol. The second kappa shape index (κ2) is 10.8. The third kappa shape index (κ3) is 6.19. The Bertz CT molecular complexity index is 625. The number of methoxy groups -OCH3 is 1. The first-order valence-corrected chi connectivity index (χ1v) is 10.5. The second-order valence-corrected chi connectivity index (χ2v) is 8.08. The Morgan fingerprint density at radius 1 is 1.21 bits per heavy atom. The highest BCUT2D eigenvalue weighted by Gasteiger charge is 2.36. The molecule has 0 radical (unpaired) electrons. The predicted octanol–water partition coefficient (Wildman–Crippen LogP) is 2.39. The highest BCUT2D eigenvalue weighted by Crippen LogP contribution is 2.43. The fraction of sp³-hybridized carbons (Fsp3) is 0.682. The van der Waals surface area contributed by atoms with E-state index < -0.39 is 0 Å². The van der Waals surface area contributed by atoms with Crippen LogP contribution in [0.5, 0.6) is 0 Å². The number of hydrogen-bond donors (Lipinski definition) is 2. The molecule has 6 nitrogen and oxygen atoms in total. The lowest BCUT2D eigenvalue weighted by molar-refractivity contribution is 0.0342. The summed E-state index contributed by atoms with van der Waals surface area (Å²) in [5, 5.41) is 7.00. The zero-order chi connectivity index (χ0) is 19.7. The number of aliphatic imine (C=N–C) groups is 1. The molecule has 1 aromatic carbocycles. The highest BCUT2D eigenvalue weighted by atomic mass is 16.5. The zero-order valence-electron chi connectivity index (χ0n) is 17.5. The Hall–Kier alpha value is -1.63. The Kier molecular flexibility index (Phi) is 8.13. The summed E-state index contributed by atoms with van der Waals surface area (Å²) >= 11 is 0. The molecule has 0 bridgehead atoms. The van der Waals surface area contributed by atoms with Crippen LogP contribution in [0, 0.1) is 5.41 Å². The molecule has 0 atom stereocenters. The normalized spacial score (nSPS) is 19.9. The van der Waals surface area contributed by atoms with E-state index in [0.717, 1.165) is 64.9 Å². The maximum absolute atomic E-state index is 5.44. The summed E-state index contributed by atoms with van der Waals surface area (Å²) in [6.07, 6.45) is 5.01. The van der Waals surface area contributed by atoms with Crippen molar-refractivity contribution >= 4 is 5.96 Å². The van der Waals surface area contributed by atoms with Crippen molar-refractivity contribution in [3.8, 4) is 0 Å². The van der Waals surface area contributed by atoms with E-state index in [9.17, 15) is 0 Å². The predicted molar refractivity (Wildman–Crippen MR) is 114 cm³/mol. The quantitative estimate of drug-likeness (QED) is 0.503. The maximum atomic E-state index is 5.44. The molecule has 1 aliphatic carbocycles. The van der Waals surface area contributed by atoms with E-state index in [-0.39, 0.29) is 0 Å². The molecule has 2 fully saturated rings. The molecule has 2 aliphatic rings. The molecule has 1 aromatic rings. The largest absolute Gasteiger partial charge is 0.385 e. The van der Waals surface area contributed by atoms with E-state index in [1.165, 1.54) is 30.4 Å². The molecule has 2 N–H and O–H groups in total. The topological polar surface area (TPSA) is 58.1 Å². The number of ether oxygens (including phenoxy) is 2. The molecule has 1 saturated carbocycles. The minimum atomic E-state index is 0.381. The first-order valence-electron chi connectivity index (χ1n) is 10.5. The van der Waals surface area contributed by atoms with Gasteiger partial charge in [0.15, 0.2) is 5.96 Å². The van der Waals surface area contributed by atoms with Crippen molar-refractivity contribution in [1.29, 1.82) is 0 Å². The van der Waals surface area contributed by atoms with Gasteiger partial charge in [0.05, 0.1) is 13.2 Å². The Labute approximate surface area is 169 Å². The van der Waals surface area contributed by atoms with Crippen LogP contribution < -0.4 is 10.6 Å². The number of hydrogen-bond acceptors (Lipinski definition) is 4. The van der Waals surface area contributed by atoms with Crippen LogP contribution in [0.2, 0.25) is 0 Å². The molecule has 1 aliphatic heterocycles. The molecule has 1 heterocycles. The van der Waals surface area contributed by atoms with Crippen LogP contribution in [-0.4, -0.2) is 64.5 Å². The van der Waals surface area contributed by atoms with Crippen LogP contribution in [0.1, 0.15) is 36.8 Å². The first-order chi connectivity index (χ1) is 13.7. The van der Waals surface area contributed by atoms with Gasteiger partial charge in [0.25, 0.3) is 0 Å². The third-order valence-corrected chi connectivity index (χ3v) is 6.07. The van der Waals surface area contributed by atoms with Gasteiger partial charge in [-0.15, -0.1) is 0 Å². The summed E-state index contributed by atoms with van der Waals surface area (Å²) in [5.74, 6) is 0.877. The van der Waals surface area contributed by atoms with Crippen molar-refractivity contribution in [2.24, 2.45) is 10.4 Å². The molecule has 0 amide bonds. The van der Waals surface area contributed by atoms with Crippen LogP contribution in [0.25, 0.3) is 0 Å². The van der Waals surface area contributed by atoms with Crippen LogP contribution in [0.3, 0.4) is 0 Å². The molecular weight excluding hydrogens is 352 g/mol. The first kappa shape index (κ1) is 21.1. The lowest BCUT2D eigenvalue weighted by atomic mass is 9.67. The smallest absolute Gasteiger partial charge is 0.191 e. The second-order valence-electron chi connectivity index (χ2n) is 8.08. The summed E-state index contributed by atoms with van der Waals surface area (Å²) in [7, 11) is 3.63. The summed E-state index contributed by atoms with van der Waals surface area (Å²) in [5.41, 5.74) is 3.02. The van der Waals surface area contributed by atoms with Crippen molar-refractivity contribution < 1.29 is 9.47 Å². The fourth-order valence-electron chi connectivity index (χ4n) is 4.04. The van der Waals surface area contributed by atoms with E-state index in [1.807, 2.05) is 7.05 Å². The molecular formula is C22H36N4O2. The highest BCUT2D eigenvalue weighted by molar-refractivity contribution is 5.79. The molecule has 0 unspecified atom stereocenters. The molecule has 1 saturated heterocycles. The van der Waals surface area contributed by atoms with Gasteiger partial charge < -0.3 is 20.1 Å². The lowest BCUT2D eigenvalue weighted by Crippen LogP contribution is -2.46. The summed E-state index contributed by atoms with van der Waals surface area (Å²) in [4.78, 5) is 6.85. The SMILES string of the molecule is CN=C(NCc1cccc(CN2CCOCC2)c1)NCC1(CCOC)CCC1. The molecule has 0 aromatic heterocycles. The van der Waals surface area contributed by atoms with Crippen molar-refractivity contribution in [1.82, 2.24) is 15.5 Å². The van der Waals surface area contributed by atoms with Gasteiger partial charge in [-0.3, -0.25) is 9.89 Å². The van der Waals surface area contributed by atoms with E-state index in [2.05, 4.69) is 44.8 Å². The Balaban J connectivity index is 1.46. The molecule has 28 heavy (non-hydrogen) atoms. The molecule has 6 heteroatoms. The molecule has 3 rings (SSSR count). The van der Waals surface area contributed by atoms with E-state index in [4.69, 9.17) is 9.47 Å². The number of guanidine groups is 1. The fourth-order valence-corrected chi connectivity index (χ4v) is 4.04. The van der Waals surface area contributed by atoms with E-state index >= 15 is 0 Å². The van der Waals surface area contributed by atoms with Crippen molar-refractivity contribution in [3.63, 3.8) is 0 Å². The summed E-state index contributed by atoms with van der Waals surface area (Å²) in [6, 6.07) is 8.83. The van der Waals surface area contributed by atoms with Gasteiger partial charge in [-0.05, 0) is 35.8 Å². The van der Waals surface area contributed by atoms with Gasteiger partial charge in [0, 0.05) is 53.5 Å². The Morgan fingerprint density at radius 2 is 2.00 bits per heavy atom. The molecule has 0 spiro atoms. The van der Waals surface area contributed by atoms with Gasteiger partial charge in [0.2, 0.25) is 0 Å². The van der Waals surface area contributed by atoms with E-state index in [0.29, 0.717) is 5.41 Å². The number of morpholine rings is 1. The number of nitrogens with one attached hydrogen (secondary N) is 2. The van der Waals surface area contributed by atoms with Gasteiger partial charge in [-0.2, -0.15) is 0 Å². The van der Waals surface area contributed by atoms with Crippen LogP contribution in [0.4, 0.5) is 0 Å². The Morgan fingerprint density at radius 3 is 2.68 bits per heavy atom. The van der Waals surface area contributed by atoms with Crippen LogP contribution in [0.15, 0.2) is 29.3 Å². The average Bonchev–Trinajstić information content (AvgIpc) is 2.70. The number of nitrogens with zero attached hydrogens (tertiary/aromatic N) is 2. The van der Waals surface area contributed by atoms with Crippen molar-refractivity contribution in [3.05, 3.63) is 35.4 Å². The summed E-state index contributed by atoms with van der Waals surface area (Å²) < 4.78 is 10.7. The minimum absolute atomic E-state index is 0.381. The lowest BCUT2D eigenvalue weighted by Gasteiger charge is -2.42. The third-order valence-electron chi connectivity index (χ3n) is 6.07. The van der Waals surface area contributed by atoms with Gasteiger partial charge >= 0.3 is 0 Å². The summed E-state index contributed by atoms with van der Waals surface area (Å²) in [6.45, 7) is 7.29. The minimum Gasteiger partial charge on any atom is -0.385 e. The van der Waals surface area contributed by atoms with Gasteiger partial charge in [-0.25, -0.2) is 0 Å². The van der Waals surface area contributed by atoms with Gasteiger partial charge in [-0.1, -0.05) is 30.7 Å². The maximum Gasteiger partial charge on any atom is 0.191 e. The zero-order valence-corrected chi connectivity index (χ0v) is 17.5. The standard InChI is InChI=1S/C22H36N4O2/c1-23-21(25-18-22(7-4-8-22)9-12-27-2)24-16-19-5-3-6-20(15-19)17-26-10-13-28-14-11-26/h3,5-6,15H,4,7-14,16-18H2,1-2H3,(H2,23,24,25). The van der Waals surface area contributed by atoms with E-state index in [1.54, 1.807) is 7.11 Å². The average molecular weight is 389 g/mol. The number of benzene rings is 1.